The molecular weight excluding hydrogens is 411 g/mol. The van der Waals surface area contributed by atoms with Crippen molar-refractivity contribution in [1.82, 2.24) is 19.5 Å². The second-order valence-corrected chi connectivity index (χ2v) is 9.37. The van der Waals surface area contributed by atoms with Gasteiger partial charge in [0, 0.05) is 12.2 Å². The third kappa shape index (κ3) is 3.69. The molecule has 1 aromatic carbocycles. The summed E-state index contributed by atoms with van der Waals surface area (Å²) in [6.07, 6.45) is 1.74. The fourth-order valence-electron chi connectivity index (χ4n) is 2.73. The molecule has 0 saturated carbocycles. The Hall–Kier alpha value is -1.68. The number of benzene rings is 1. The maximum Gasteiger partial charge on any atom is 0.213 e. The van der Waals surface area contributed by atoms with Crippen LogP contribution in [-0.4, -0.2) is 48.3 Å². The number of hydrogen-bond donors (Lipinski definition) is 0. The van der Waals surface area contributed by atoms with Gasteiger partial charge < -0.3 is 4.90 Å². The van der Waals surface area contributed by atoms with Gasteiger partial charge in [-0.3, -0.25) is 0 Å². The van der Waals surface area contributed by atoms with Crippen LogP contribution in [0.2, 0.25) is 5.02 Å². The van der Waals surface area contributed by atoms with E-state index < -0.39 is 15.7 Å². The van der Waals surface area contributed by atoms with Crippen LogP contribution < -0.4 is 0 Å². The molecule has 2 aromatic heterocycles. The predicted octanol–water partition coefficient (Wildman–Crippen LogP) is 3.45. The Bertz CT molecular complexity index is 1130. The highest BCUT2D eigenvalue weighted by atomic mass is 35.5. The van der Waals surface area contributed by atoms with Crippen molar-refractivity contribution in [2.24, 2.45) is 0 Å². The van der Waals surface area contributed by atoms with Crippen molar-refractivity contribution in [2.45, 2.75) is 28.3 Å². The highest BCUT2D eigenvalue weighted by Crippen LogP contribution is 2.34. The molecule has 3 rings (SSSR count). The van der Waals surface area contributed by atoms with Gasteiger partial charge >= 0.3 is 0 Å². The molecule has 0 aliphatic carbocycles. The number of halogens is 2. The lowest BCUT2D eigenvalue weighted by Crippen LogP contribution is -2.13. The van der Waals surface area contributed by atoms with Gasteiger partial charge in [0.1, 0.15) is 10.8 Å². The monoisotopic (exact) mass is 428 g/mol. The molecular formula is C17H18ClFN4O2S2. The molecule has 0 bridgehead atoms. The molecule has 0 unspecified atom stereocenters. The van der Waals surface area contributed by atoms with Gasteiger partial charge in [0.2, 0.25) is 9.84 Å². The van der Waals surface area contributed by atoms with E-state index >= 15 is 0 Å². The number of aromatic nitrogens is 3. The quantitative estimate of drug-likeness (QED) is 0.458. The molecule has 27 heavy (non-hydrogen) atoms. The summed E-state index contributed by atoms with van der Waals surface area (Å²) in [5.74, 6) is -0.678. The average Bonchev–Trinajstić information content (AvgIpc) is 2.96. The minimum atomic E-state index is -4.00. The first-order chi connectivity index (χ1) is 12.6. The molecule has 10 heteroatoms. The summed E-state index contributed by atoms with van der Waals surface area (Å²) in [6.45, 7) is 2.40. The molecule has 0 spiro atoms. The van der Waals surface area contributed by atoms with Crippen LogP contribution in [0.15, 0.2) is 39.1 Å². The first kappa shape index (κ1) is 20.1. The van der Waals surface area contributed by atoms with Gasteiger partial charge in [-0.15, -0.1) is 11.8 Å². The van der Waals surface area contributed by atoms with Gasteiger partial charge in [0.15, 0.2) is 10.5 Å². The largest absolute Gasteiger partial charge is 0.304 e. The summed E-state index contributed by atoms with van der Waals surface area (Å²) in [5, 5.41) is 4.47. The Kier molecular flexibility index (Phi) is 5.49. The predicted molar refractivity (Wildman–Crippen MR) is 104 cm³/mol. The van der Waals surface area contributed by atoms with E-state index in [0.29, 0.717) is 11.6 Å². The number of fused-ring (bicyclic) bond motifs is 1. The maximum absolute atomic E-state index is 13.5. The van der Waals surface area contributed by atoms with Crippen molar-refractivity contribution < 1.29 is 12.8 Å². The third-order valence-electron chi connectivity index (χ3n) is 3.89. The van der Waals surface area contributed by atoms with Crippen LogP contribution in [0.25, 0.3) is 5.65 Å². The number of thioether (sulfide) groups is 1. The highest BCUT2D eigenvalue weighted by Gasteiger charge is 2.29. The molecule has 0 aliphatic heterocycles. The number of sulfone groups is 1. The molecule has 0 fully saturated rings. The lowest BCUT2D eigenvalue weighted by Gasteiger charge is -2.11. The Balaban J connectivity index is 2.31. The standard InChI is InChI=1S/C17H18ClFN4O2S2/c1-10-7-11(9-22(2)3)20-16-15(17(26-4)21-23(10)16)27(24,25)12-5-6-14(19)13(18)8-12/h5-8H,9H2,1-4H3. The van der Waals surface area contributed by atoms with Crippen LogP contribution in [0, 0.1) is 12.7 Å². The van der Waals surface area contributed by atoms with Crippen molar-refractivity contribution in [3.8, 4) is 0 Å². The third-order valence-corrected chi connectivity index (χ3v) is 6.77. The summed E-state index contributed by atoms with van der Waals surface area (Å²) in [5.41, 5.74) is 1.74. The maximum atomic E-state index is 13.5. The number of nitrogens with zero attached hydrogens (tertiary/aromatic N) is 4. The lowest BCUT2D eigenvalue weighted by atomic mass is 10.3. The minimum absolute atomic E-state index is 0.00128. The van der Waals surface area contributed by atoms with Crippen LogP contribution >= 0.6 is 23.4 Å². The molecule has 0 N–H and O–H groups in total. The first-order valence-electron chi connectivity index (χ1n) is 7.93. The van der Waals surface area contributed by atoms with Crippen molar-refractivity contribution in [3.05, 3.63) is 46.5 Å². The highest BCUT2D eigenvalue weighted by molar-refractivity contribution is 7.99. The molecule has 0 atom stereocenters. The van der Waals surface area contributed by atoms with Crippen molar-refractivity contribution >= 4 is 38.8 Å². The zero-order chi connectivity index (χ0) is 19.9. The molecule has 6 nitrogen and oxygen atoms in total. The van der Waals surface area contributed by atoms with Crippen molar-refractivity contribution in [3.63, 3.8) is 0 Å². The van der Waals surface area contributed by atoms with E-state index in [4.69, 9.17) is 11.6 Å². The Morgan fingerprint density at radius 3 is 2.59 bits per heavy atom. The zero-order valence-electron chi connectivity index (χ0n) is 15.2. The Morgan fingerprint density at radius 2 is 2.00 bits per heavy atom. The van der Waals surface area contributed by atoms with Crippen molar-refractivity contribution in [1.29, 1.82) is 0 Å². The summed E-state index contributed by atoms with van der Waals surface area (Å²) in [7, 11) is -0.186. The molecule has 0 aliphatic rings. The Labute approximate surface area is 166 Å². The van der Waals surface area contributed by atoms with Crippen LogP contribution in [0.3, 0.4) is 0 Å². The number of rotatable bonds is 5. The van der Waals surface area contributed by atoms with E-state index in [1.807, 2.05) is 32.0 Å². The SMILES string of the molecule is CSc1nn2c(C)cc(CN(C)C)nc2c1S(=O)(=O)c1ccc(F)c(Cl)c1. The van der Waals surface area contributed by atoms with Crippen LogP contribution in [0.1, 0.15) is 11.4 Å². The molecule has 0 saturated heterocycles. The summed E-state index contributed by atoms with van der Waals surface area (Å²) in [4.78, 5) is 6.38. The summed E-state index contributed by atoms with van der Waals surface area (Å²) < 4.78 is 41.6. The summed E-state index contributed by atoms with van der Waals surface area (Å²) >= 11 is 7.00. The van der Waals surface area contributed by atoms with Crippen molar-refractivity contribution in [2.75, 3.05) is 20.4 Å². The van der Waals surface area contributed by atoms with Crippen LogP contribution in [-0.2, 0) is 16.4 Å². The van der Waals surface area contributed by atoms with E-state index in [9.17, 15) is 12.8 Å². The molecule has 2 heterocycles. The molecule has 144 valence electrons. The smallest absolute Gasteiger partial charge is 0.213 e. The van der Waals surface area contributed by atoms with Crippen LogP contribution in [0.5, 0.6) is 0 Å². The molecule has 0 radical (unpaired) electrons. The number of hydrogen-bond acceptors (Lipinski definition) is 6. The zero-order valence-corrected chi connectivity index (χ0v) is 17.6. The van der Waals surface area contributed by atoms with E-state index in [-0.39, 0.29) is 20.5 Å². The van der Waals surface area contributed by atoms with Gasteiger partial charge in [-0.25, -0.2) is 22.3 Å². The van der Waals surface area contributed by atoms with E-state index in [1.54, 1.807) is 6.26 Å². The Morgan fingerprint density at radius 1 is 1.30 bits per heavy atom. The van der Waals surface area contributed by atoms with E-state index in [2.05, 4.69) is 10.1 Å². The summed E-state index contributed by atoms with van der Waals surface area (Å²) in [6, 6.07) is 5.21. The van der Waals surface area contributed by atoms with Gasteiger partial charge in [0.05, 0.1) is 15.6 Å². The topological polar surface area (TPSA) is 67.6 Å². The second-order valence-electron chi connectivity index (χ2n) is 6.28. The van der Waals surface area contributed by atoms with Gasteiger partial charge in [0.25, 0.3) is 0 Å². The second kappa shape index (κ2) is 7.38. The fourth-order valence-corrected chi connectivity index (χ4v) is 5.39. The first-order valence-corrected chi connectivity index (χ1v) is 11.0. The van der Waals surface area contributed by atoms with Gasteiger partial charge in [-0.05, 0) is 51.5 Å². The molecule has 3 aromatic rings. The lowest BCUT2D eigenvalue weighted by molar-refractivity contribution is 0.396. The van der Waals surface area contributed by atoms with Gasteiger partial charge in [-0.2, -0.15) is 5.10 Å². The minimum Gasteiger partial charge on any atom is -0.304 e. The fraction of sp³-hybridized carbons (Fsp3) is 0.294. The normalized spacial score (nSPS) is 12.3. The van der Waals surface area contributed by atoms with Crippen LogP contribution in [0.4, 0.5) is 4.39 Å². The average molecular weight is 429 g/mol. The molecule has 0 amide bonds. The van der Waals surface area contributed by atoms with E-state index in [1.165, 1.54) is 22.3 Å². The van der Waals surface area contributed by atoms with E-state index in [0.717, 1.165) is 23.5 Å². The number of aryl methyl sites for hydroxylation is 1. The van der Waals surface area contributed by atoms with Gasteiger partial charge in [-0.1, -0.05) is 11.6 Å².